The Morgan fingerprint density at radius 3 is 1.85 bits per heavy atom. The van der Waals surface area contributed by atoms with Gasteiger partial charge in [-0.25, -0.2) is 8.42 Å². The second kappa shape index (κ2) is 5.62. The minimum atomic E-state index is -3.43. The maximum Gasteiger partial charge on any atom is 0.206 e. The lowest BCUT2D eigenvalue weighted by Crippen LogP contribution is -2.03. The number of benzene rings is 2. The van der Waals surface area contributed by atoms with Crippen molar-refractivity contribution in [2.24, 2.45) is 0 Å². The SMILES string of the molecule is CSc1ccc(S(=O)(=O)c2ccc(C)c(C)c2)cc1C. The molecule has 0 radical (unpaired) electrons. The molecule has 2 nitrogen and oxygen atoms in total. The Balaban J connectivity index is 2.54. The van der Waals surface area contributed by atoms with Gasteiger partial charge in [-0.15, -0.1) is 11.8 Å². The molecule has 0 saturated carbocycles. The third-order valence-corrected chi connectivity index (χ3v) is 6.11. The van der Waals surface area contributed by atoms with Gasteiger partial charge < -0.3 is 0 Å². The monoisotopic (exact) mass is 306 g/mol. The van der Waals surface area contributed by atoms with Crippen LogP contribution in [-0.2, 0) is 9.84 Å². The van der Waals surface area contributed by atoms with E-state index >= 15 is 0 Å². The van der Waals surface area contributed by atoms with Crippen molar-refractivity contribution in [1.82, 2.24) is 0 Å². The lowest BCUT2D eigenvalue weighted by Gasteiger charge is -2.09. The van der Waals surface area contributed by atoms with E-state index in [1.165, 1.54) is 0 Å². The summed E-state index contributed by atoms with van der Waals surface area (Å²) in [4.78, 5) is 1.82. The maximum atomic E-state index is 12.6. The Kier molecular flexibility index (Phi) is 4.25. The van der Waals surface area contributed by atoms with Crippen LogP contribution in [0.25, 0.3) is 0 Å². The van der Waals surface area contributed by atoms with Crippen molar-refractivity contribution < 1.29 is 8.42 Å². The summed E-state index contributed by atoms with van der Waals surface area (Å²) in [5.41, 5.74) is 3.07. The summed E-state index contributed by atoms with van der Waals surface area (Å²) in [5.74, 6) is 0. The maximum absolute atomic E-state index is 12.6. The lowest BCUT2D eigenvalue weighted by molar-refractivity contribution is 0.596. The normalized spacial score (nSPS) is 11.6. The third-order valence-electron chi connectivity index (χ3n) is 3.47. The van der Waals surface area contributed by atoms with E-state index in [1.807, 2.05) is 39.2 Å². The molecule has 0 aromatic heterocycles. The molecule has 2 rings (SSSR count). The van der Waals surface area contributed by atoms with Gasteiger partial charge in [0, 0.05) is 4.90 Å². The number of rotatable bonds is 3. The molecule has 0 aliphatic carbocycles. The predicted molar refractivity (Wildman–Crippen MR) is 84.3 cm³/mol. The Bertz CT molecular complexity index is 747. The molecule has 0 spiro atoms. The number of aryl methyl sites for hydroxylation is 3. The van der Waals surface area contributed by atoms with Gasteiger partial charge in [0.1, 0.15) is 0 Å². The second-order valence-corrected chi connectivity index (χ2v) is 7.68. The van der Waals surface area contributed by atoms with Gasteiger partial charge in [0.15, 0.2) is 0 Å². The molecular weight excluding hydrogens is 288 g/mol. The van der Waals surface area contributed by atoms with Gasteiger partial charge >= 0.3 is 0 Å². The van der Waals surface area contributed by atoms with Crippen molar-refractivity contribution in [2.75, 3.05) is 6.26 Å². The Labute approximate surface area is 125 Å². The van der Waals surface area contributed by atoms with Gasteiger partial charge in [0.25, 0.3) is 0 Å². The first-order chi connectivity index (χ1) is 9.36. The van der Waals surface area contributed by atoms with Crippen LogP contribution in [-0.4, -0.2) is 14.7 Å². The van der Waals surface area contributed by atoms with E-state index < -0.39 is 9.84 Å². The first-order valence-corrected chi connectivity index (χ1v) is 9.04. The zero-order valence-corrected chi connectivity index (χ0v) is 13.7. The molecule has 0 fully saturated rings. The van der Waals surface area contributed by atoms with Gasteiger partial charge in [-0.2, -0.15) is 0 Å². The molecule has 2 aromatic carbocycles. The first-order valence-electron chi connectivity index (χ1n) is 6.33. The minimum absolute atomic E-state index is 0.357. The quantitative estimate of drug-likeness (QED) is 0.798. The molecule has 0 aliphatic heterocycles. The number of sulfone groups is 1. The molecule has 20 heavy (non-hydrogen) atoms. The molecule has 0 amide bonds. The smallest absolute Gasteiger partial charge is 0.206 e. The molecule has 0 N–H and O–H groups in total. The first kappa shape index (κ1) is 15.1. The van der Waals surface area contributed by atoms with Crippen molar-refractivity contribution in [3.8, 4) is 0 Å². The van der Waals surface area contributed by atoms with Crippen LogP contribution in [0.5, 0.6) is 0 Å². The predicted octanol–water partition coefficient (Wildman–Crippen LogP) is 4.17. The van der Waals surface area contributed by atoms with Crippen LogP contribution >= 0.6 is 11.8 Å². The van der Waals surface area contributed by atoms with Crippen LogP contribution < -0.4 is 0 Å². The van der Waals surface area contributed by atoms with E-state index in [1.54, 1.807) is 36.0 Å². The fourth-order valence-corrected chi connectivity index (χ4v) is 4.05. The van der Waals surface area contributed by atoms with Crippen LogP contribution in [0, 0.1) is 20.8 Å². The molecule has 0 heterocycles. The summed E-state index contributed by atoms with van der Waals surface area (Å²) >= 11 is 1.62. The second-order valence-electron chi connectivity index (χ2n) is 4.88. The van der Waals surface area contributed by atoms with E-state index in [4.69, 9.17) is 0 Å². The van der Waals surface area contributed by atoms with E-state index in [0.29, 0.717) is 9.79 Å². The van der Waals surface area contributed by atoms with Gasteiger partial charge in [0.05, 0.1) is 9.79 Å². The van der Waals surface area contributed by atoms with Crippen molar-refractivity contribution in [3.63, 3.8) is 0 Å². The summed E-state index contributed by atoms with van der Waals surface area (Å²) in [6.07, 6.45) is 1.99. The Morgan fingerprint density at radius 1 is 0.800 bits per heavy atom. The minimum Gasteiger partial charge on any atom is -0.219 e. The summed E-state index contributed by atoms with van der Waals surface area (Å²) in [5, 5.41) is 0. The van der Waals surface area contributed by atoms with Crippen LogP contribution in [0.4, 0.5) is 0 Å². The third kappa shape index (κ3) is 2.76. The summed E-state index contributed by atoms with van der Waals surface area (Å²) in [6.45, 7) is 5.84. The van der Waals surface area contributed by atoms with Crippen molar-refractivity contribution in [1.29, 1.82) is 0 Å². The fourth-order valence-electron chi connectivity index (χ4n) is 2.04. The van der Waals surface area contributed by atoms with Crippen molar-refractivity contribution in [3.05, 3.63) is 53.1 Å². The number of hydrogen-bond donors (Lipinski definition) is 0. The fraction of sp³-hybridized carbons (Fsp3) is 0.250. The Hall–Kier alpha value is -1.26. The highest BCUT2D eigenvalue weighted by Gasteiger charge is 2.18. The average Bonchev–Trinajstić information content (AvgIpc) is 2.41. The highest BCUT2D eigenvalue weighted by atomic mass is 32.2. The highest BCUT2D eigenvalue weighted by Crippen LogP contribution is 2.27. The summed E-state index contributed by atoms with van der Waals surface area (Å²) in [6, 6.07) is 10.6. The highest BCUT2D eigenvalue weighted by molar-refractivity contribution is 7.98. The zero-order chi connectivity index (χ0) is 14.9. The number of thioether (sulfide) groups is 1. The molecule has 2 aromatic rings. The van der Waals surface area contributed by atoms with Crippen molar-refractivity contribution in [2.45, 2.75) is 35.5 Å². The molecule has 0 unspecified atom stereocenters. The molecular formula is C16H18O2S2. The topological polar surface area (TPSA) is 34.1 Å². The van der Waals surface area contributed by atoms with E-state index in [9.17, 15) is 8.42 Å². The lowest BCUT2D eigenvalue weighted by atomic mass is 10.1. The molecule has 0 bridgehead atoms. The average molecular weight is 306 g/mol. The van der Waals surface area contributed by atoms with Gasteiger partial charge in [-0.1, -0.05) is 6.07 Å². The van der Waals surface area contributed by atoms with Crippen LogP contribution in [0.1, 0.15) is 16.7 Å². The van der Waals surface area contributed by atoms with Gasteiger partial charge in [-0.05, 0) is 74.0 Å². The largest absolute Gasteiger partial charge is 0.219 e. The van der Waals surface area contributed by atoms with E-state index in [-0.39, 0.29) is 0 Å². The molecule has 106 valence electrons. The molecule has 0 atom stereocenters. The van der Waals surface area contributed by atoms with Crippen LogP contribution in [0.15, 0.2) is 51.1 Å². The summed E-state index contributed by atoms with van der Waals surface area (Å²) < 4.78 is 25.3. The van der Waals surface area contributed by atoms with Gasteiger partial charge in [-0.3, -0.25) is 0 Å². The van der Waals surface area contributed by atoms with E-state index in [0.717, 1.165) is 21.6 Å². The van der Waals surface area contributed by atoms with Crippen LogP contribution in [0.2, 0.25) is 0 Å². The van der Waals surface area contributed by atoms with Crippen LogP contribution in [0.3, 0.4) is 0 Å². The molecule has 0 aliphatic rings. The molecule has 4 heteroatoms. The molecule has 0 saturated heterocycles. The summed E-state index contributed by atoms with van der Waals surface area (Å²) in [7, 11) is -3.43. The van der Waals surface area contributed by atoms with Crippen molar-refractivity contribution >= 4 is 21.6 Å². The standard InChI is InChI=1S/C16H18O2S2/c1-11-5-6-14(9-12(11)2)20(17,18)15-7-8-16(19-4)13(3)10-15/h5-10H,1-4H3. The zero-order valence-electron chi connectivity index (χ0n) is 12.1. The van der Waals surface area contributed by atoms with E-state index in [2.05, 4.69) is 0 Å². The number of hydrogen-bond acceptors (Lipinski definition) is 3. The Morgan fingerprint density at radius 2 is 1.35 bits per heavy atom. The van der Waals surface area contributed by atoms with Gasteiger partial charge in [0.2, 0.25) is 9.84 Å².